The molecule has 0 aromatic carbocycles. The van der Waals surface area contributed by atoms with Crippen molar-refractivity contribution < 1.29 is 19.0 Å². The summed E-state index contributed by atoms with van der Waals surface area (Å²) in [5, 5.41) is 0. The van der Waals surface area contributed by atoms with Crippen LogP contribution in [0.25, 0.3) is 0 Å². The summed E-state index contributed by atoms with van der Waals surface area (Å²) in [6.07, 6.45) is 1.67. The van der Waals surface area contributed by atoms with Crippen LogP contribution in [0.1, 0.15) is 26.7 Å². The monoisotopic (exact) mass is 204 g/mol. The Labute approximate surface area is 85.5 Å². The predicted molar refractivity (Wildman–Crippen MR) is 53.1 cm³/mol. The summed E-state index contributed by atoms with van der Waals surface area (Å²) in [4.78, 5) is 10.3. The van der Waals surface area contributed by atoms with Gasteiger partial charge in [-0.3, -0.25) is 0 Å². The van der Waals surface area contributed by atoms with Gasteiger partial charge in [-0.15, -0.1) is 0 Å². The third kappa shape index (κ3) is 3.74. The summed E-state index contributed by atoms with van der Waals surface area (Å²) in [5.41, 5.74) is 0. The number of carbonyl (C=O) groups excluding carboxylic acids is 1. The Morgan fingerprint density at radius 3 is 2.21 bits per heavy atom. The zero-order valence-corrected chi connectivity index (χ0v) is 9.36. The van der Waals surface area contributed by atoms with Crippen LogP contribution in [0, 0.1) is 0 Å². The second kappa shape index (κ2) is 7.91. The highest BCUT2D eigenvalue weighted by Gasteiger charge is 2.31. The number of hydrogen-bond acceptors (Lipinski definition) is 4. The van der Waals surface area contributed by atoms with Crippen LogP contribution in [0.3, 0.4) is 0 Å². The molecule has 84 valence electrons. The van der Waals surface area contributed by atoms with E-state index in [2.05, 4.69) is 0 Å². The molecule has 4 heteroatoms. The van der Waals surface area contributed by atoms with Crippen molar-refractivity contribution in [3.63, 3.8) is 0 Å². The summed E-state index contributed by atoms with van der Waals surface area (Å²) in [6, 6.07) is 0. The highest BCUT2D eigenvalue weighted by Crippen LogP contribution is 2.22. The third-order valence-electron chi connectivity index (χ3n) is 2.01. The van der Waals surface area contributed by atoms with Gasteiger partial charge in [-0.25, -0.2) is 0 Å². The first-order valence-corrected chi connectivity index (χ1v) is 4.98. The van der Waals surface area contributed by atoms with Crippen molar-refractivity contribution in [2.45, 2.75) is 45.2 Å². The van der Waals surface area contributed by atoms with Crippen molar-refractivity contribution >= 4 is 6.29 Å². The largest absolute Gasteiger partial charge is 0.362 e. The van der Waals surface area contributed by atoms with Crippen molar-refractivity contribution in [1.82, 2.24) is 0 Å². The summed E-state index contributed by atoms with van der Waals surface area (Å²) >= 11 is 0. The first kappa shape index (κ1) is 13.5. The Kier molecular flexibility index (Phi) is 7.65. The van der Waals surface area contributed by atoms with Gasteiger partial charge in [-0.2, -0.15) is 0 Å². The lowest BCUT2D eigenvalue weighted by atomic mass is 10.2. The predicted octanol–water partition coefficient (Wildman–Crippen LogP) is 1.38. The molecule has 1 aliphatic heterocycles. The van der Waals surface area contributed by atoms with E-state index in [0.29, 0.717) is 0 Å². The van der Waals surface area contributed by atoms with Crippen LogP contribution in [-0.4, -0.2) is 39.0 Å². The number of hydrogen-bond donors (Lipinski definition) is 0. The standard InChI is InChI=1S/C8H14O4.C2H6/c1-10-8(11-2)7-4-3-6(5-9)12-7;1-2/h5-8H,3-4H2,1-2H3;1-2H3. The second-order valence-corrected chi connectivity index (χ2v) is 2.77. The van der Waals surface area contributed by atoms with Crippen molar-refractivity contribution in [1.29, 1.82) is 0 Å². The van der Waals surface area contributed by atoms with Crippen molar-refractivity contribution in [2.75, 3.05) is 14.2 Å². The van der Waals surface area contributed by atoms with Crippen LogP contribution in [0.5, 0.6) is 0 Å². The molecule has 2 unspecified atom stereocenters. The van der Waals surface area contributed by atoms with E-state index >= 15 is 0 Å². The third-order valence-corrected chi connectivity index (χ3v) is 2.01. The molecule has 0 amide bonds. The molecule has 0 radical (unpaired) electrons. The lowest BCUT2D eigenvalue weighted by Gasteiger charge is -2.19. The van der Waals surface area contributed by atoms with Gasteiger partial charge in [0.1, 0.15) is 18.5 Å². The van der Waals surface area contributed by atoms with E-state index in [1.165, 1.54) is 0 Å². The van der Waals surface area contributed by atoms with E-state index in [9.17, 15) is 4.79 Å². The van der Waals surface area contributed by atoms with E-state index < -0.39 is 0 Å². The zero-order valence-electron chi connectivity index (χ0n) is 9.36. The van der Waals surface area contributed by atoms with E-state index in [0.717, 1.165) is 19.1 Å². The molecule has 0 saturated carbocycles. The number of rotatable bonds is 4. The van der Waals surface area contributed by atoms with Gasteiger partial charge >= 0.3 is 0 Å². The van der Waals surface area contributed by atoms with E-state index in [1.54, 1.807) is 14.2 Å². The summed E-state index contributed by atoms with van der Waals surface area (Å²) in [5.74, 6) is 0. The second-order valence-electron chi connectivity index (χ2n) is 2.77. The maximum absolute atomic E-state index is 10.3. The molecular weight excluding hydrogens is 184 g/mol. The highest BCUT2D eigenvalue weighted by molar-refractivity contribution is 5.56. The minimum atomic E-state index is -0.352. The fraction of sp³-hybridized carbons (Fsp3) is 0.900. The summed E-state index contributed by atoms with van der Waals surface area (Å²) in [6.45, 7) is 4.00. The minimum absolute atomic E-state index is 0.102. The Balaban J connectivity index is 0.000000791. The number of ether oxygens (including phenoxy) is 3. The fourth-order valence-corrected chi connectivity index (χ4v) is 1.39. The van der Waals surface area contributed by atoms with Gasteiger partial charge in [0, 0.05) is 14.2 Å². The Bertz CT molecular complexity index is 145. The number of methoxy groups -OCH3 is 2. The smallest absolute Gasteiger partial charge is 0.183 e. The molecular formula is C10H20O4. The lowest BCUT2D eigenvalue weighted by molar-refractivity contribution is -0.175. The van der Waals surface area contributed by atoms with Gasteiger partial charge in [0.15, 0.2) is 6.29 Å². The molecule has 14 heavy (non-hydrogen) atoms. The molecule has 1 aliphatic rings. The Hall–Kier alpha value is -0.450. The fourth-order valence-electron chi connectivity index (χ4n) is 1.39. The Morgan fingerprint density at radius 1 is 1.29 bits per heavy atom. The number of carbonyl (C=O) groups is 1. The van der Waals surface area contributed by atoms with Gasteiger partial charge in [-0.05, 0) is 12.8 Å². The average Bonchev–Trinajstić information content (AvgIpc) is 2.71. The summed E-state index contributed by atoms with van der Waals surface area (Å²) < 4.78 is 15.4. The van der Waals surface area contributed by atoms with Crippen LogP contribution in [0.15, 0.2) is 0 Å². The lowest BCUT2D eigenvalue weighted by Crippen LogP contribution is -2.30. The molecule has 4 nitrogen and oxygen atoms in total. The molecule has 1 saturated heterocycles. The van der Waals surface area contributed by atoms with Crippen LogP contribution in [0.2, 0.25) is 0 Å². The first-order chi connectivity index (χ1) is 6.81. The molecule has 0 aliphatic carbocycles. The zero-order chi connectivity index (χ0) is 11.0. The van der Waals surface area contributed by atoms with Crippen LogP contribution in [-0.2, 0) is 19.0 Å². The quantitative estimate of drug-likeness (QED) is 0.512. The topological polar surface area (TPSA) is 44.8 Å². The molecule has 0 bridgehead atoms. The molecule has 0 aromatic rings. The SMILES string of the molecule is CC.COC(OC)C1CCC(C=O)O1. The minimum Gasteiger partial charge on any atom is -0.362 e. The van der Waals surface area contributed by atoms with Crippen LogP contribution >= 0.6 is 0 Å². The molecule has 1 rings (SSSR count). The van der Waals surface area contributed by atoms with Gasteiger partial charge < -0.3 is 19.0 Å². The molecule has 0 N–H and O–H groups in total. The van der Waals surface area contributed by atoms with Gasteiger partial charge in [-0.1, -0.05) is 13.8 Å². The van der Waals surface area contributed by atoms with Gasteiger partial charge in [0.25, 0.3) is 0 Å². The summed E-state index contributed by atoms with van der Waals surface area (Å²) in [7, 11) is 3.12. The maximum atomic E-state index is 10.3. The molecule has 2 atom stereocenters. The molecule has 1 fully saturated rings. The van der Waals surface area contributed by atoms with Crippen LogP contribution in [0.4, 0.5) is 0 Å². The molecule has 0 aromatic heterocycles. The normalized spacial score (nSPS) is 25.8. The molecule has 0 spiro atoms. The van der Waals surface area contributed by atoms with Gasteiger partial charge in [0.05, 0.1) is 0 Å². The maximum Gasteiger partial charge on any atom is 0.183 e. The average molecular weight is 204 g/mol. The number of aldehydes is 1. The van der Waals surface area contributed by atoms with Crippen molar-refractivity contribution in [3.8, 4) is 0 Å². The molecule has 1 heterocycles. The van der Waals surface area contributed by atoms with E-state index in [4.69, 9.17) is 14.2 Å². The highest BCUT2D eigenvalue weighted by atomic mass is 16.7. The van der Waals surface area contributed by atoms with Crippen molar-refractivity contribution in [3.05, 3.63) is 0 Å². The van der Waals surface area contributed by atoms with Gasteiger partial charge in [0.2, 0.25) is 0 Å². The first-order valence-electron chi connectivity index (χ1n) is 4.98. The van der Waals surface area contributed by atoms with E-state index in [1.807, 2.05) is 13.8 Å². The Morgan fingerprint density at radius 2 is 1.86 bits per heavy atom. The van der Waals surface area contributed by atoms with E-state index in [-0.39, 0.29) is 18.5 Å². The van der Waals surface area contributed by atoms with Crippen molar-refractivity contribution in [2.24, 2.45) is 0 Å². The van der Waals surface area contributed by atoms with Crippen LogP contribution < -0.4 is 0 Å².